The number of carbonyl (C=O) groups is 1. The molecule has 0 aliphatic rings. The summed E-state index contributed by atoms with van der Waals surface area (Å²) in [6.45, 7) is 0.417. The van der Waals surface area contributed by atoms with Crippen LogP contribution in [0, 0.1) is 0 Å². The van der Waals surface area contributed by atoms with Crippen LogP contribution in [0.15, 0.2) is 24.5 Å². The number of aromatic nitrogens is 3. The summed E-state index contributed by atoms with van der Waals surface area (Å²) in [6, 6.07) is 4.27. The van der Waals surface area contributed by atoms with Gasteiger partial charge in [-0.2, -0.15) is 0 Å². The lowest BCUT2D eigenvalue weighted by molar-refractivity contribution is 0.0954. The largest absolute Gasteiger partial charge is 0.508 e. The van der Waals surface area contributed by atoms with Gasteiger partial charge in [0.1, 0.15) is 17.9 Å². The van der Waals surface area contributed by atoms with Crippen molar-refractivity contribution in [2.24, 2.45) is 7.05 Å². The van der Waals surface area contributed by atoms with Crippen LogP contribution in [0.3, 0.4) is 0 Å². The molecule has 0 saturated carbocycles. The number of phenols is 1. The highest BCUT2D eigenvalue weighted by atomic mass is 16.3. The van der Waals surface area contributed by atoms with Gasteiger partial charge in [0.2, 0.25) is 0 Å². The topological polar surface area (TPSA) is 106 Å². The van der Waals surface area contributed by atoms with Crippen LogP contribution in [0.4, 0.5) is 5.69 Å². The van der Waals surface area contributed by atoms with Crippen molar-refractivity contribution in [2.75, 3.05) is 12.3 Å². The monoisotopic (exact) mass is 261 g/mol. The zero-order valence-electron chi connectivity index (χ0n) is 10.5. The lowest BCUT2D eigenvalue weighted by atomic mass is 10.1. The van der Waals surface area contributed by atoms with Crippen LogP contribution in [-0.4, -0.2) is 32.3 Å². The number of amides is 1. The summed E-state index contributed by atoms with van der Waals surface area (Å²) in [6.07, 6.45) is 2.17. The van der Waals surface area contributed by atoms with Crippen molar-refractivity contribution in [3.05, 3.63) is 35.9 Å². The third kappa shape index (κ3) is 3.01. The number of nitrogens with zero attached hydrogens (tertiary/aromatic N) is 3. The highest BCUT2D eigenvalue weighted by molar-refractivity contribution is 5.99. The van der Waals surface area contributed by atoms with Crippen LogP contribution in [-0.2, 0) is 13.5 Å². The Bertz CT molecular complexity index is 594. The lowest BCUT2D eigenvalue weighted by Crippen LogP contribution is -2.27. The number of hydrogen-bond donors (Lipinski definition) is 3. The van der Waals surface area contributed by atoms with E-state index in [1.54, 1.807) is 10.9 Å². The second-order valence-corrected chi connectivity index (χ2v) is 4.14. The molecule has 1 amide bonds. The van der Waals surface area contributed by atoms with Crippen molar-refractivity contribution in [1.29, 1.82) is 0 Å². The molecule has 0 spiro atoms. The number of nitrogens with one attached hydrogen (secondary N) is 1. The van der Waals surface area contributed by atoms with Crippen molar-refractivity contribution in [1.82, 2.24) is 20.1 Å². The summed E-state index contributed by atoms with van der Waals surface area (Å²) in [5, 5.41) is 19.7. The van der Waals surface area contributed by atoms with Crippen molar-refractivity contribution < 1.29 is 9.90 Å². The number of aromatic hydroxyl groups is 1. The highest BCUT2D eigenvalue weighted by Gasteiger charge is 2.10. The molecular weight excluding hydrogens is 246 g/mol. The van der Waals surface area contributed by atoms with Crippen LogP contribution in [0.2, 0.25) is 0 Å². The summed E-state index contributed by atoms with van der Waals surface area (Å²) < 4.78 is 1.79. The molecule has 0 bridgehead atoms. The fourth-order valence-electron chi connectivity index (χ4n) is 1.66. The molecular formula is C12H15N5O2. The Morgan fingerprint density at radius 1 is 1.53 bits per heavy atom. The van der Waals surface area contributed by atoms with Crippen LogP contribution >= 0.6 is 0 Å². The minimum atomic E-state index is -0.324. The second kappa shape index (κ2) is 5.38. The van der Waals surface area contributed by atoms with Crippen molar-refractivity contribution in [2.45, 2.75) is 6.42 Å². The Labute approximate surface area is 110 Å². The van der Waals surface area contributed by atoms with Crippen LogP contribution in [0.1, 0.15) is 16.2 Å². The van der Waals surface area contributed by atoms with Crippen molar-refractivity contribution in [3.8, 4) is 5.75 Å². The van der Waals surface area contributed by atoms with E-state index in [4.69, 9.17) is 5.73 Å². The number of benzene rings is 1. The molecule has 7 nitrogen and oxygen atoms in total. The summed E-state index contributed by atoms with van der Waals surface area (Å²) in [5.41, 5.74) is 6.27. The Hall–Kier alpha value is -2.57. The van der Waals surface area contributed by atoms with E-state index in [2.05, 4.69) is 15.5 Å². The van der Waals surface area contributed by atoms with Gasteiger partial charge in [-0.3, -0.25) is 4.79 Å². The molecule has 1 aromatic heterocycles. The van der Waals surface area contributed by atoms with E-state index in [1.807, 2.05) is 7.05 Å². The third-order valence-corrected chi connectivity index (χ3v) is 2.72. The van der Waals surface area contributed by atoms with Gasteiger partial charge in [-0.15, -0.1) is 10.2 Å². The van der Waals surface area contributed by atoms with E-state index in [1.165, 1.54) is 18.2 Å². The fourth-order valence-corrected chi connectivity index (χ4v) is 1.66. The Kier molecular flexibility index (Phi) is 3.65. The number of carbonyl (C=O) groups excluding carboxylic acids is 1. The molecule has 0 fully saturated rings. The van der Waals surface area contributed by atoms with E-state index in [0.29, 0.717) is 18.7 Å². The van der Waals surface area contributed by atoms with Gasteiger partial charge in [-0.1, -0.05) is 0 Å². The zero-order chi connectivity index (χ0) is 13.8. The maximum Gasteiger partial charge on any atom is 0.253 e. The standard InChI is InChI=1S/C12H15N5O2/c1-17-7-15-16-11(17)4-5-14-12(19)9-6-8(18)2-3-10(9)13/h2-3,6-7,18H,4-5,13H2,1H3,(H,14,19). The molecule has 4 N–H and O–H groups in total. The van der Waals surface area contributed by atoms with E-state index < -0.39 is 0 Å². The molecule has 0 aliphatic carbocycles. The molecule has 1 heterocycles. The van der Waals surface area contributed by atoms with E-state index in [-0.39, 0.29) is 17.2 Å². The van der Waals surface area contributed by atoms with Gasteiger partial charge in [0.25, 0.3) is 5.91 Å². The Balaban J connectivity index is 1.94. The number of anilines is 1. The molecule has 0 atom stereocenters. The predicted molar refractivity (Wildman–Crippen MR) is 69.6 cm³/mol. The van der Waals surface area contributed by atoms with Crippen molar-refractivity contribution in [3.63, 3.8) is 0 Å². The third-order valence-electron chi connectivity index (χ3n) is 2.72. The summed E-state index contributed by atoms with van der Waals surface area (Å²) in [4.78, 5) is 11.9. The first kappa shape index (κ1) is 12.9. The Morgan fingerprint density at radius 3 is 3.00 bits per heavy atom. The second-order valence-electron chi connectivity index (χ2n) is 4.14. The molecule has 100 valence electrons. The molecule has 2 rings (SSSR count). The SMILES string of the molecule is Cn1cnnc1CCNC(=O)c1cc(O)ccc1N. The van der Waals surface area contributed by atoms with E-state index >= 15 is 0 Å². The molecule has 0 unspecified atom stereocenters. The maximum absolute atomic E-state index is 11.9. The first-order valence-corrected chi connectivity index (χ1v) is 5.77. The molecule has 19 heavy (non-hydrogen) atoms. The average Bonchev–Trinajstić information content (AvgIpc) is 2.78. The summed E-state index contributed by atoms with van der Waals surface area (Å²) in [7, 11) is 1.84. The number of phenolic OH excluding ortho intramolecular Hbond substituents is 1. The molecule has 7 heteroatoms. The Morgan fingerprint density at radius 2 is 2.32 bits per heavy atom. The number of nitrogens with two attached hydrogens (primary N) is 1. The summed E-state index contributed by atoms with van der Waals surface area (Å²) >= 11 is 0. The van der Waals surface area contributed by atoms with Crippen LogP contribution in [0.25, 0.3) is 0 Å². The quantitative estimate of drug-likeness (QED) is 0.533. The highest BCUT2D eigenvalue weighted by Crippen LogP contribution is 2.18. The molecule has 2 aromatic rings. The first-order chi connectivity index (χ1) is 9.08. The van der Waals surface area contributed by atoms with Gasteiger partial charge in [0.15, 0.2) is 0 Å². The van der Waals surface area contributed by atoms with Gasteiger partial charge >= 0.3 is 0 Å². The van der Waals surface area contributed by atoms with Crippen molar-refractivity contribution >= 4 is 11.6 Å². The zero-order valence-corrected chi connectivity index (χ0v) is 10.5. The first-order valence-electron chi connectivity index (χ1n) is 5.77. The molecule has 0 radical (unpaired) electrons. The van der Waals surface area contributed by atoms with Gasteiger partial charge in [0.05, 0.1) is 5.56 Å². The molecule has 0 saturated heterocycles. The normalized spacial score (nSPS) is 10.4. The summed E-state index contributed by atoms with van der Waals surface area (Å²) in [5.74, 6) is 0.465. The van der Waals surface area contributed by atoms with Crippen LogP contribution < -0.4 is 11.1 Å². The molecule has 1 aromatic carbocycles. The maximum atomic E-state index is 11.9. The van der Waals surface area contributed by atoms with E-state index in [0.717, 1.165) is 5.82 Å². The lowest BCUT2D eigenvalue weighted by Gasteiger charge is -2.07. The number of aryl methyl sites for hydroxylation is 1. The number of hydrogen-bond acceptors (Lipinski definition) is 5. The molecule has 0 aliphatic heterocycles. The average molecular weight is 261 g/mol. The minimum Gasteiger partial charge on any atom is -0.508 e. The predicted octanol–water partition coefficient (Wildman–Crippen LogP) is 0.0754. The van der Waals surface area contributed by atoms with Gasteiger partial charge in [-0.25, -0.2) is 0 Å². The number of nitrogen functional groups attached to an aromatic ring is 1. The van der Waals surface area contributed by atoms with Crippen LogP contribution in [0.5, 0.6) is 5.75 Å². The van der Waals surface area contributed by atoms with Gasteiger partial charge < -0.3 is 20.7 Å². The van der Waals surface area contributed by atoms with Gasteiger partial charge in [0, 0.05) is 25.7 Å². The van der Waals surface area contributed by atoms with E-state index in [9.17, 15) is 9.90 Å². The smallest absolute Gasteiger partial charge is 0.253 e. The fraction of sp³-hybridized carbons (Fsp3) is 0.250. The minimum absolute atomic E-state index is 0.00708. The number of rotatable bonds is 4. The van der Waals surface area contributed by atoms with Gasteiger partial charge in [-0.05, 0) is 18.2 Å².